The first kappa shape index (κ1) is 10.9. The van der Waals surface area contributed by atoms with Gasteiger partial charge in [-0.3, -0.25) is 4.79 Å². The van der Waals surface area contributed by atoms with E-state index in [-0.39, 0.29) is 11.5 Å². The third-order valence-corrected chi connectivity index (χ3v) is 3.49. The Morgan fingerprint density at radius 1 is 1.47 bits per heavy atom. The molecule has 2 saturated carbocycles. The van der Waals surface area contributed by atoms with E-state index >= 15 is 0 Å². The van der Waals surface area contributed by atoms with Crippen molar-refractivity contribution < 1.29 is 9.53 Å². The molecular weight excluding hydrogens is 190 g/mol. The summed E-state index contributed by atoms with van der Waals surface area (Å²) in [5.74, 6) is 1.43. The SMILES string of the molecule is CCOC(=O)C1(NCC2CC2)CC(C)C1. The van der Waals surface area contributed by atoms with Gasteiger partial charge in [-0.05, 0) is 51.0 Å². The highest BCUT2D eigenvalue weighted by atomic mass is 16.5. The number of nitrogens with one attached hydrogen (secondary N) is 1. The van der Waals surface area contributed by atoms with Crippen molar-refractivity contribution in [2.45, 2.75) is 45.1 Å². The fourth-order valence-electron chi connectivity index (χ4n) is 2.44. The van der Waals surface area contributed by atoms with Gasteiger partial charge in [0.2, 0.25) is 0 Å². The van der Waals surface area contributed by atoms with E-state index in [2.05, 4.69) is 12.2 Å². The van der Waals surface area contributed by atoms with E-state index in [9.17, 15) is 4.79 Å². The molecule has 0 amide bonds. The molecule has 0 aromatic heterocycles. The molecule has 2 rings (SSSR count). The second-order valence-corrected chi connectivity index (χ2v) is 5.14. The quantitative estimate of drug-likeness (QED) is 0.704. The maximum Gasteiger partial charge on any atom is 0.326 e. The number of ether oxygens (including phenoxy) is 1. The van der Waals surface area contributed by atoms with Crippen LogP contribution >= 0.6 is 0 Å². The van der Waals surface area contributed by atoms with Gasteiger partial charge in [-0.25, -0.2) is 0 Å². The Hall–Kier alpha value is -0.570. The molecule has 0 saturated heterocycles. The third kappa shape index (κ3) is 2.33. The van der Waals surface area contributed by atoms with Crippen molar-refractivity contribution in [1.29, 1.82) is 0 Å². The molecule has 0 spiro atoms. The van der Waals surface area contributed by atoms with Crippen LogP contribution in [0.15, 0.2) is 0 Å². The van der Waals surface area contributed by atoms with Gasteiger partial charge in [0, 0.05) is 0 Å². The summed E-state index contributed by atoms with van der Waals surface area (Å²) >= 11 is 0. The van der Waals surface area contributed by atoms with Crippen LogP contribution in [-0.4, -0.2) is 24.7 Å². The van der Waals surface area contributed by atoms with Crippen LogP contribution in [-0.2, 0) is 9.53 Å². The summed E-state index contributed by atoms with van der Waals surface area (Å²) in [6, 6.07) is 0. The summed E-state index contributed by atoms with van der Waals surface area (Å²) in [7, 11) is 0. The Labute approximate surface area is 91.6 Å². The predicted molar refractivity (Wildman–Crippen MR) is 58.5 cm³/mol. The first-order valence-electron chi connectivity index (χ1n) is 6.08. The molecule has 86 valence electrons. The summed E-state index contributed by atoms with van der Waals surface area (Å²) in [5.41, 5.74) is -0.335. The highest BCUT2D eigenvalue weighted by Gasteiger charge is 2.49. The predicted octanol–water partition coefficient (Wildman–Crippen LogP) is 1.72. The van der Waals surface area contributed by atoms with E-state index in [1.165, 1.54) is 12.8 Å². The van der Waals surface area contributed by atoms with Crippen LogP contribution in [0.4, 0.5) is 0 Å². The highest BCUT2D eigenvalue weighted by molar-refractivity contribution is 5.82. The summed E-state index contributed by atoms with van der Waals surface area (Å²) in [6.45, 7) is 5.54. The summed E-state index contributed by atoms with van der Waals surface area (Å²) in [6.07, 6.45) is 4.53. The van der Waals surface area contributed by atoms with Crippen molar-refractivity contribution in [2.75, 3.05) is 13.2 Å². The zero-order valence-corrected chi connectivity index (χ0v) is 9.71. The number of carbonyl (C=O) groups is 1. The standard InChI is InChI=1S/C12H21NO2/c1-3-15-11(14)12(6-9(2)7-12)13-8-10-4-5-10/h9-10,13H,3-8H2,1-2H3. The van der Waals surface area contributed by atoms with Gasteiger partial charge in [-0.15, -0.1) is 0 Å². The lowest BCUT2D eigenvalue weighted by Gasteiger charge is -2.44. The van der Waals surface area contributed by atoms with E-state index in [1.807, 2.05) is 6.92 Å². The van der Waals surface area contributed by atoms with Crippen molar-refractivity contribution in [3.63, 3.8) is 0 Å². The lowest BCUT2D eigenvalue weighted by Crippen LogP contribution is -2.61. The molecule has 0 aromatic carbocycles. The number of esters is 1. The van der Waals surface area contributed by atoms with Crippen LogP contribution in [0, 0.1) is 11.8 Å². The van der Waals surface area contributed by atoms with Gasteiger partial charge >= 0.3 is 5.97 Å². The summed E-state index contributed by atoms with van der Waals surface area (Å²) in [5, 5.41) is 3.44. The van der Waals surface area contributed by atoms with Crippen molar-refractivity contribution >= 4 is 5.97 Å². The van der Waals surface area contributed by atoms with Gasteiger partial charge in [0.05, 0.1) is 6.61 Å². The first-order valence-corrected chi connectivity index (χ1v) is 6.08. The van der Waals surface area contributed by atoms with Crippen molar-refractivity contribution in [3.8, 4) is 0 Å². The van der Waals surface area contributed by atoms with E-state index in [0.29, 0.717) is 12.5 Å². The molecule has 1 N–H and O–H groups in total. The van der Waals surface area contributed by atoms with Gasteiger partial charge in [0.25, 0.3) is 0 Å². The molecule has 3 nitrogen and oxygen atoms in total. The molecule has 2 aliphatic rings. The second kappa shape index (κ2) is 4.12. The molecular formula is C12H21NO2. The largest absolute Gasteiger partial charge is 0.465 e. The Morgan fingerprint density at radius 3 is 2.60 bits per heavy atom. The summed E-state index contributed by atoms with van der Waals surface area (Å²) < 4.78 is 5.15. The monoisotopic (exact) mass is 211 g/mol. The third-order valence-electron chi connectivity index (χ3n) is 3.49. The van der Waals surface area contributed by atoms with Gasteiger partial charge in [-0.1, -0.05) is 6.92 Å². The molecule has 0 aromatic rings. The average Bonchev–Trinajstić information content (AvgIpc) is 2.94. The fraction of sp³-hybridized carbons (Fsp3) is 0.917. The van der Waals surface area contributed by atoms with Crippen LogP contribution in [0.5, 0.6) is 0 Å². The van der Waals surface area contributed by atoms with Gasteiger partial charge < -0.3 is 10.1 Å². The van der Waals surface area contributed by atoms with E-state index < -0.39 is 0 Å². The van der Waals surface area contributed by atoms with Gasteiger partial charge in [0.15, 0.2) is 0 Å². The Balaban J connectivity index is 1.87. The van der Waals surface area contributed by atoms with Crippen molar-refractivity contribution in [1.82, 2.24) is 5.32 Å². The topological polar surface area (TPSA) is 38.3 Å². The minimum Gasteiger partial charge on any atom is -0.465 e. The number of carbonyl (C=O) groups excluding carboxylic acids is 1. The Morgan fingerprint density at radius 2 is 2.13 bits per heavy atom. The smallest absolute Gasteiger partial charge is 0.326 e. The Bertz CT molecular complexity index is 242. The maximum absolute atomic E-state index is 11.8. The number of rotatable bonds is 5. The minimum absolute atomic E-state index is 0.0382. The zero-order chi connectivity index (χ0) is 10.9. The van der Waals surface area contributed by atoms with E-state index in [0.717, 1.165) is 25.3 Å². The molecule has 0 heterocycles. The highest BCUT2D eigenvalue weighted by Crippen LogP contribution is 2.39. The number of hydrogen-bond donors (Lipinski definition) is 1. The maximum atomic E-state index is 11.8. The van der Waals surface area contributed by atoms with E-state index in [4.69, 9.17) is 4.74 Å². The molecule has 15 heavy (non-hydrogen) atoms. The second-order valence-electron chi connectivity index (χ2n) is 5.14. The molecule has 2 aliphatic carbocycles. The van der Waals surface area contributed by atoms with Gasteiger partial charge in [0.1, 0.15) is 5.54 Å². The number of hydrogen-bond acceptors (Lipinski definition) is 3. The van der Waals surface area contributed by atoms with Crippen LogP contribution in [0.2, 0.25) is 0 Å². The molecule has 0 aliphatic heterocycles. The van der Waals surface area contributed by atoms with Crippen molar-refractivity contribution in [3.05, 3.63) is 0 Å². The van der Waals surface area contributed by atoms with E-state index in [1.54, 1.807) is 0 Å². The summed E-state index contributed by atoms with van der Waals surface area (Å²) in [4.78, 5) is 11.8. The minimum atomic E-state index is -0.335. The lowest BCUT2D eigenvalue weighted by atomic mass is 9.69. The molecule has 2 fully saturated rings. The average molecular weight is 211 g/mol. The molecule has 3 heteroatoms. The fourth-order valence-corrected chi connectivity index (χ4v) is 2.44. The lowest BCUT2D eigenvalue weighted by molar-refractivity contribution is -0.157. The molecule has 0 bridgehead atoms. The first-order chi connectivity index (χ1) is 7.16. The molecule has 0 atom stereocenters. The Kier molecular flexibility index (Phi) is 3.01. The van der Waals surface area contributed by atoms with Crippen LogP contribution < -0.4 is 5.32 Å². The van der Waals surface area contributed by atoms with Crippen LogP contribution in [0.1, 0.15) is 39.5 Å². The van der Waals surface area contributed by atoms with Crippen LogP contribution in [0.3, 0.4) is 0 Å². The van der Waals surface area contributed by atoms with Gasteiger partial charge in [-0.2, -0.15) is 0 Å². The van der Waals surface area contributed by atoms with Crippen LogP contribution in [0.25, 0.3) is 0 Å². The zero-order valence-electron chi connectivity index (χ0n) is 9.71. The van der Waals surface area contributed by atoms with Crippen molar-refractivity contribution in [2.24, 2.45) is 11.8 Å². The molecule has 0 radical (unpaired) electrons. The molecule has 0 unspecified atom stereocenters. The normalized spacial score (nSPS) is 34.7.